The number of aromatic amines is 1. The highest BCUT2D eigenvalue weighted by molar-refractivity contribution is 5.80. The van der Waals surface area contributed by atoms with Crippen molar-refractivity contribution < 1.29 is 4.92 Å². The summed E-state index contributed by atoms with van der Waals surface area (Å²) in [5.74, 6) is 0.277. The molecule has 0 aliphatic carbocycles. The highest BCUT2D eigenvalue weighted by Gasteiger charge is 2.07. The van der Waals surface area contributed by atoms with Gasteiger partial charge >= 0.3 is 5.69 Å². The van der Waals surface area contributed by atoms with E-state index in [4.69, 9.17) is 0 Å². The summed E-state index contributed by atoms with van der Waals surface area (Å²) >= 11 is 0. The van der Waals surface area contributed by atoms with Gasteiger partial charge in [-0.25, -0.2) is 9.80 Å². The lowest BCUT2D eigenvalue weighted by molar-refractivity contribution is -0.384. The smallest absolute Gasteiger partial charge is 0.292 e. The van der Waals surface area contributed by atoms with E-state index in [1.54, 1.807) is 12.1 Å². The zero-order valence-electron chi connectivity index (χ0n) is 12.6. The largest absolute Gasteiger partial charge is 0.329 e. The van der Waals surface area contributed by atoms with Crippen molar-refractivity contribution in [1.29, 1.82) is 0 Å². The van der Waals surface area contributed by atoms with Crippen LogP contribution in [0.1, 0.15) is 12.5 Å². The molecule has 0 spiro atoms. The van der Waals surface area contributed by atoms with Crippen molar-refractivity contribution in [1.82, 2.24) is 9.55 Å². The summed E-state index contributed by atoms with van der Waals surface area (Å²) in [6.45, 7) is 2.23. The van der Waals surface area contributed by atoms with E-state index in [-0.39, 0.29) is 11.5 Å². The van der Waals surface area contributed by atoms with Crippen LogP contribution in [0, 0.1) is 10.1 Å². The maximum absolute atomic E-state index is 11.7. The summed E-state index contributed by atoms with van der Waals surface area (Å²) in [7, 11) is 1.38. The number of hydrazone groups is 1. The Balaban J connectivity index is 2.27. The second-order valence-corrected chi connectivity index (χ2v) is 4.67. The molecule has 0 amide bonds. The predicted molar refractivity (Wildman–Crippen MR) is 86.0 cm³/mol. The van der Waals surface area contributed by atoms with Gasteiger partial charge in [-0.3, -0.25) is 24.5 Å². The standard InChI is InChI=1S/C14H15N5O4/c1-3-18(12-8-13(20)17(2)14(21)16-12)15-9-10-4-6-11(7-5-10)19(22)23/h4-9H,3H2,1-2H3,(H,16,21)/b15-9+. The second kappa shape index (κ2) is 6.69. The molecule has 1 aromatic heterocycles. The molecule has 0 aliphatic rings. The zero-order valence-corrected chi connectivity index (χ0v) is 12.6. The monoisotopic (exact) mass is 317 g/mol. The summed E-state index contributed by atoms with van der Waals surface area (Å²) in [6.07, 6.45) is 1.49. The molecule has 1 aromatic carbocycles. The van der Waals surface area contributed by atoms with Gasteiger partial charge in [-0.15, -0.1) is 0 Å². The number of benzene rings is 1. The molecule has 0 aliphatic heterocycles. The molecule has 0 fully saturated rings. The Morgan fingerprint density at radius 1 is 1.35 bits per heavy atom. The van der Waals surface area contributed by atoms with Crippen LogP contribution in [0.5, 0.6) is 0 Å². The first-order valence-electron chi connectivity index (χ1n) is 6.78. The molecule has 9 heteroatoms. The van der Waals surface area contributed by atoms with E-state index in [0.29, 0.717) is 12.1 Å². The number of anilines is 1. The molecule has 1 N–H and O–H groups in total. The summed E-state index contributed by atoms with van der Waals surface area (Å²) in [6, 6.07) is 7.14. The van der Waals surface area contributed by atoms with Crippen LogP contribution in [0.2, 0.25) is 0 Å². The van der Waals surface area contributed by atoms with Crippen LogP contribution in [0.3, 0.4) is 0 Å². The third kappa shape index (κ3) is 3.70. The maximum atomic E-state index is 11.7. The first-order chi connectivity index (χ1) is 10.9. The molecule has 0 radical (unpaired) electrons. The lowest BCUT2D eigenvalue weighted by Gasteiger charge is -2.16. The molecular weight excluding hydrogens is 302 g/mol. The molecule has 23 heavy (non-hydrogen) atoms. The fourth-order valence-electron chi connectivity index (χ4n) is 1.82. The van der Waals surface area contributed by atoms with Crippen molar-refractivity contribution >= 4 is 17.7 Å². The van der Waals surface area contributed by atoms with Gasteiger partial charge in [0.2, 0.25) is 0 Å². The van der Waals surface area contributed by atoms with Crippen molar-refractivity contribution in [2.75, 3.05) is 11.6 Å². The molecule has 1 heterocycles. The van der Waals surface area contributed by atoms with Crippen molar-refractivity contribution in [3.05, 3.63) is 66.8 Å². The summed E-state index contributed by atoms with van der Waals surface area (Å²) in [5.41, 5.74) is -0.324. The Morgan fingerprint density at radius 2 is 2.00 bits per heavy atom. The molecule has 2 aromatic rings. The van der Waals surface area contributed by atoms with Crippen molar-refractivity contribution in [2.24, 2.45) is 12.1 Å². The maximum Gasteiger partial charge on any atom is 0.329 e. The third-order valence-corrected chi connectivity index (χ3v) is 3.16. The van der Waals surface area contributed by atoms with E-state index in [0.717, 1.165) is 4.57 Å². The molecule has 0 unspecified atom stereocenters. The van der Waals surface area contributed by atoms with E-state index < -0.39 is 16.2 Å². The van der Waals surface area contributed by atoms with Gasteiger partial charge in [-0.05, 0) is 24.6 Å². The van der Waals surface area contributed by atoms with E-state index in [1.165, 1.54) is 36.5 Å². The highest BCUT2D eigenvalue weighted by Crippen LogP contribution is 2.11. The topological polar surface area (TPSA) is 114 Å². The number of hydrogen-bond donors (Lipinski definition) is 1. The van der Waals surface area contributed by atoms with Crippen LogP contribution in [-0.4, -0.2) is 27.2 Å². The Labute approximate surface area is 130 Å². The minimum atomic E-state index is -0.531. The fourth-order valence-corrected chi connectivity index (χ4v) is 1.82. The molecule has 2 rings (SSSR count). The first kappa shape index (κ1) is 16.1. The van der Waals surface area contributed by atoms with Crippen LogP contribution in [-0.2, 0) is 7.05 Å². The van der Waals surface area contributed by atoms with Crippen LogP contribution >= 0.6 is 0 Å². The molecule has 9 nitrogen and oxygen atoms in total. The van der Waals surface area contributed by atoms with Gasteiger partial charge in [-0.2, -0.15) is 5.10 Å². The first-order valence-corrected chi connectivity index (χ1v) is 6.78. The number of nitro groups is 1. The SMILES string of the molecule is CCN(/N=C/c1ccc([N+](=O)[O-])cc1)c1cc(=O)n(C)c(=O)[nH]1. The zero-order chi connectivity index (χ0) is 17.0. The van der Waals surface area contributed by atoms with E-state index in [2.05, 4.69) is 10.1 Å². The normalized spacial score (nSPS) is 10.9. The van der Waals surface area contributed by atoms with Gasteiger partial charge < -0.3 is 0 Å². The average Bonchev–Trinajstić information content (AvgIpc) is 2.53. The fraction of sp³-hybridized carbons (Fsp3) is 0.214. The molecular formula is C14H15N5O4. The van der Waals surface area contributed by atoms with Gasteiger partial charge in [-0.1, -0.05) is 0 Å². The summed E-state index contributed by atoms with van der Waals surface area (Å²) < 4.78 is 0.956. The summed E-state index contributed by atoms with van der Waals surface area (Å²) in [5, 5.41) is 16.2. The number of rotatable bonds is 5. The van der Waals surface area contributed by atoms with Gasteiger partial charge in [0.25, 0.3) is 11.2 Å². The Kier molecular flexibility index (Phi) is 4.69. The van der Waals surface area contributed by atoms with Crippen LogP contribution in [0.4, 0.5) is 11.5 Å². The second-order valence-electron chi connectivity index (χ2n) is 4.67. The van der Waals surface area contributed by atoms with Gasteiger partial charge in [0.15, 0.2) is 0 Å². The van der Waals surface area contributed by atoms with Crippen LogP contribution < -0.4 is 16.3 Å². The lowest BCUT2D eigenvalue weighted by atomic mass is 10.2. The number of non-ortho nitro benzene ring substituents is 1. The van der Waals surface area contributed by atoms with Crippen molar-refractivity contribution in [2.45, 2.75) is 6.92 Å². The lowest BCUT2D eigenvalue weighted by Crippen LogP contribution is -2.34. The number of nitro benzene ring substituents is 1. The molecule has 0 bridgehead atoms. The Morgan fingerprint density at radius 3 is 2.52 bits per heavy atom. The Bertz CT molecular complexity index is 819. The number of aromatic nitrogens is 2. The summed E-state index contributed by atoms with van der Waals surface area (Å²) in [4.78, 5) is 36.0. The number of nitrogens with zero attached hydrogens (tertiary/aromatic N) is 4. The van der Waals surface area contributed by atoms with Gasteiger partial charge in [0.05, 0.1) is 11.1 Å². The third-order valence-electron chi connectivity index (χ3n) is 3.16. The van der Waals surface area contributed by atoms with Gasteiger partial charge in [0.1, 0.15) is 5.82 Å². The van der Waals surface area contributed by atoms with E-state index in [9.17, 15) is 19.7 Å². The molecule has 0 saturated heterocycles. The number of H-pyrrole nitrogens is 1. The number of nitrogens with one attached hydrogen (secondary N) is 1. The minimum Gasteiger partial charge on any atom is -0.292 e. The van der Waals surface area contributed by atoms with Crippen molar-refractivity contribution in [3.63, 3.8) is 0 Å². The van der Waals surface area contributed by atoms with Crippen molar-refractivity contribution in [3.8, 4) is 0 Å². The van der Waals surface area contributed by atoms with Gasteiger partial charge in [0, 0.05) is 31.8 Å². The van der Waals surface area contributed by atoms with E-state index >= 15 is 0 Å². The predicted octanol–water partition coefficient (Wildman–Crippen LogP) is 0.842. The van der Waals surface area contributed by atoms with E-state index in [1.807, 2.05) is 6.92 Å². The highest BCUT2D eigenvalue weighted by atomic mass is 16.6. The number of hydrogen-bond acceptors (Lipinski definition) is 6. The molecule has 120 valence electrons. The van der Waals surface area contributed by atoms with Crippen LogP contribution in [0.25, 0.3) is 0 Å². The van der Waals surface area contributed by atoms with Crippen LogP contribution in [0.15, 0.2) is 45.0 Å². The quantitative estimate of drug-likeness (QED) is 0.499. The molecule has 0 atom stereocenters. The minimum absolute atomic E-state index is 0.00890. The molecule has 0 saturated carbocycles. The average molecular weight is 317 g/mol. The Hall–Kier alpha value is -3.23.